The van der Waals surface area contributed by atoms with E-state index >= 15 is 0 Å². The molecule has 10 heavy (non-hydrogen) atoms. The first-order valence-corrected chi connectivity index (χ1v) is 4.84. The van der Waals surface area contributed by atoms with Crippen molar-refractivity contribution in [3.05, 3.63) is 0 Å². The average Bonchev–Trinajstić information content (AvgIpc) is 1.87. The normalized spacial score (nSPS) is 12.9. The Morgan fingerprint density at radius 1 is 1.50 bits per heavy atom. The van der Waals surface area contributed by atoms with Gasteiger partial charge in [-0.05, 0) is 5.92 Å². The van der Waals surface area contributed by atoms with E-state index in [4.69, 9.17) is 4.65 Å². The first-order valence-electron chi connectivity index (χ1n) is 3.32. The van der Waals surface area contributed by atoms with Crippen molar-refractivity contribution < 1.29 is 9.45 Å². The van der Waals surface area contributed by atoms with Crippen molar-refractivity contribution in [3.8, 4) is 0 Å². The molecular weight excluding hydrogens is 242 g/mol. The molecule has 0 amide bonds. The number of hydrogen-bond acceptors (Lipinski definition) is 2. The van der Waals surface area contributed by atoms with E-state index in [1.807, 2.05) is 43.1 Å². The minimum atomic E-state index is -0.0931. The fraction of sp³-hybridized carbons (Fsp3) is 0.833. The third kappa shape index (κ3) is 3.44. The van der Waals surface area contributed by atoms with Crippen molar-refractivity contribution in [2.45, 2.75) is 20.8 Å². The molecule has 0 N–H and O–H groups in total. The second-order valence-corrected chi connectivity index (χ2v) is 3.23. The zero-order valence-electron chi connectivity index (χ0n) is 6.56. The third-order valence-corrected chi connectivity index (χ3v) is 1.88. The van der Waals surface area contributed by atoms with Gasteiger partial charge in [0.1, 0.15) is 0 Å². The van der Waals surface area contributed by atoms with Gasteiger partial charge in [-0.15, -0.1) is 0 Å². The summed E-state index contributed by atoms with van der Waals surface area (Å²) >= 11 is 2.02. The summed E-state index contributed by atoms with van der Waals surface area (Å²) in [6.45, 7) is 5.91. The van der Waals surface area contributed by atoms with Gasteiger partial charge in [-0.2, -0.15) is 0 Å². The van der Waals surface area contributed by atoms with Crippen molar-refractivity contribution in [3.63, 3.8) is 0 Å². The van der Waals surface area contributed by atoms with Gasteiger partial charge in [-0.3, -0.25) is 4.79 Å². The fourth-order valence-electron chi connectivity index (χ4n) is 0.457. The Labute approximate surface area is 75.9 Å². The van der Waals surface area contributed by atoms with Gasteiger partial charge in [-0.25, -0.2) is 0 Å². The van der Waals surface area contributed by atoms with Crippen LogP contribution in [0.4, 0.5) is 0 Å². The molecule has 0 rings (SSSR count). The Balaban J connectivity index is 3.71. The van der Waals surface area contributed by atoms with Gasteiger partial charge in [0, 0.05) is 0 Å². The molecule has 0 aromatic heterocycles. The summed E-state index contributed by atoms with van der Waals surface area (Å²) in [5.74, 6) is 0.301. The van der Waals surface area contributed by atoms with E-state index in [1.54, 1.807) is 0 Å². The first kappa shape index (κ1) is 10.3. The summed E-state index contributed by atoms with van der Waals surface area (Å²) in [5, 5.41) is 0.452. The lowest BCUT2D eigenvalue weighted by atomic mass is 9.98. The number of hydrogen-bond donors (Lipinski definition) is 0. The van der Waals surface area contributed by atoms with E-state index < -0.39 is 0 Å². The topological polar surface area (TPSA) is 26.3 Å². The highest BCUT2D eigenvalue weighted by atomic mass is 127. The van der Waals surface area contributed by atoms with Crippen molar-refractivity contribution in [2.75, 3.05) is 0 Å². The summed E-state index contributed by atoms with van der Waals surface area (Å²) in [6.07, 6.45) is 0. The van der Waals surface area contributed by atoms with Gasteiger partial charge in [0.25, 0.3) is 5.97 Å². The van der Waals surface area contributed by atoms with Crippen LogP contribution >= 0.6 is 22.4 Å². The molecule has 0 aliphatic carbocycles. The van der Waals surface area contributed by atoms with Crippen LogP contribution in [0.5, 0.6) is 0 Å². The van der Waals surface area contributed by atoms with Gasteiger partial charge < -0.3 is 4.65 Å². The summed E-state index contributed by atoms with van der Waals surface area (Å²) in [6, 6.07) is 0. The van der Waals surface area contributed by atoms with Crippen LogP contribution in [0.2, 0.25) is 0 Å². The Morgan fingerprint density at radius 3 is 2.30 bits per heavy atom. The Kier molecular flexibility index (Phi) is 5.12. The van der Waals surface area contributed by atoms with Gasteiger partial charge in [-0.1, -0.05) is 43.1 Å². The third-order valence-electron chi connectivity index (χ3n) is 1.57. The number of halogens is 1. The minimum absolute atomic E-state index is 0.0229. The van der Waals surface area contributed by atoms with Gasteiger partial charge in [0.05, 0.1) is 5.92 Å². The highest BCUT2D eigenvalue weighted by Crippen LogP contribution is 2.10. The average molecular weight is 254 g/mol. The zero-order valence-corrected chi connectivity index (χ0v) is 8.71. The molecule has 0 radical (unpaired) electrons. The molecule has 0 aliphatic rings. The van der Waals surface area contributed by atoms with Crippen LogP contribution in [-0.4, -0.2) is 11.3 Å². The van der Waals surface area contributed by atoms with Crippen LogP contribution in [0.15, 0.2) is 0 Å². The molecule has 58 valence electrons. The van der Waals surface area contributed by atoms with E-state index in [9.17, 15) is 4.79 Å². The highest BCUT2D eigenvalue weighted by molar-refractivity contribution is 14.1. The predicted molar refractivity (Wildman–Crippen MR) is 51.3 cm³/mol. The standard InChI is InChI=1S/C6H12BIO2/c1-4(2)5(3)6(9)10-7-8/h4-5,7H,1-3H3. The predicted octanol–water partition coefficient (Wildman–Crippen LogP) is 1.52. The lowest BCUT2D eigenvalue weighted by Gasteiger charge is -2.12. The van der Waals surface area contributed by atoms with Crippen LogP contribution in [0, 0.1) is 11.8 Å². The molecule has 0 spiro atoms. The minimum Gasteiger partial charge on any atom is -0.528 e. The van der Waals surface area contributed by atoms with Crippen LogP contribution in [-0.2, 0) is 9.45 Å². The molecule has 0 aromatic rings. The second kappa shape index (κ2) is 4.99. The zero-order chi connectivity index (χ0) is 8.15. The maximum Gasteiger partial charge on any atom is 0.414 e. The lowest BCUT2D eigenvalue weighted by molar-refractivity contribution is -0.139. The molecule has 2 nitrogen and oxygen atoms in total. The van der Waals surface area contributed by atoms with Crippen LogP contribution in [0.25, 0.3) is 0 Å². The molecule has 0 fully saturated rings. The molecule has 0 bridgehead atoms. The molecule has 0 aromatic carbocycles. The Bertz CT molecular complexity index is 116. The second-order valence-electron chi connectivity index (χ2n) is 2.61. The SMILES string of the molecule is CC(C)C(C)C(=O)OBI. The van der Waals surface area contributed by atoms with Crippen LogP contribution in [0.1, 0.15) is 20.8 Å². The van der Waals surface area contributed by atoms with Gasteiger partial charge >= 0.3 is 5.34 Å². The van der Waals surface area contributed by atoms with E-state index in [0.717, 1.165) is 0 Å². The summed E-state index contributed by atoms with van der Waals surface area (Å²) in [5.41, 5.74) is 0. The summed E-state index contributed by atoms with van der Waals surface area (Å²) in [4.78, 5) is 11.0. The Hall–Kier alpha value is 0.265. The maximum atomic E-state index is 11.0. The summed E-state index contributed by atoms with van der Waals surface area (Å²) in [7, 11) is 0. The van der Waals surface area contributed by atoms with Crippen molar-refractivity contribution in [2.24, 2.45) is 11.8 Å². The molecule has 4 heteroatoms. The molecule has 0 saturated heterocycles. The monoisotopic (exact) mass is 254 g/mol. The smallest absolute Gasteiger partial charge is 0.414 e. The van der Waals surface area contributed by atoms with Crippen molar-refractivity contribution >= 4 is 33.7 Å². The van der Waals surface area contributed by atoms with E-state index in [2.05, 4.69) is 0 Å². The number of carbonyl (C=O) groups excluding carboxylic acids is 1. The maximum absolute atomic E-state index is 11.0. The Morgan fingerprint density at radius 2 is 2.00 bits per heavy atom. The van der Waals surface area contributed by atoms with Crippen molar-refractivity contribution in [1.82, 2.24) is 0 Å². The first-order chi connectivity index (χ1) is 4.59. The largest absolute Gasteiger partial charge is 0.528 e. The van der Waals surface area contributed by atoms with Gasteiger partial charge in [0.15, 0.2) is 0 Å². The van der Waals surface area contributed by atoms with Gasteiger partial charge in [0.2, 0.25) is 0 Å². The van der Waals surface area contributed by atoms with Crippen LogP contribution in [0.3, 0.4) is 0 Å². The fourth-order valence-corrected chi connectivity index (χ4v) is 0.764. The van der Waals surface area contributed by atoms with E-state index in [1.165, 1.54) is 0 Å². The number of carbonyl (C=O) groups is 1. The lowest BCUT2D eigenvalue weighted by Crippen LogP contribution is -2.19. The molecule has 0 saturated carbocycles. The van der Waals surface area contributed by atoms with Crippen molar-refractivity contribution in [1.29, 1.82) is 0 Å². The van der Waals surface area contributed by atoms with Crippen LogP contribution < -0.4 is 0 Å². The van der Waals surface area contributed by atoms with E-state index in [0.29, 0.717) is 11.3 Å². The highest BCUT2D eigenvalue weighted by Gasteiger charge is 2.16. The summed E-state index contributed by atoms with van der Waals surface area (Å²) < 4.78 is 4.81. The molecule has 0 heterocycles. The molecular formula is C6H12BIO2. The van der Waals surface area contributed by atoms with E-state index in [-0.39, 0.29) is 11.9 Å². The molecule has 0 aliphatic heterocycles. The quantitative estimate of drug-likeness (QED) is 0.563. The molecule has 1 unspecified atom stereocenters. The number of rotatable bonds is 3. The molecule has 1 atom stereocenters.